The Morgan fingerprint density at radius 1 is 1.46 bits per heavy atom. The van der Waals surface area contributed by atoms with Gasteiger partial charge in [0, 0.05) is 16.7 Å². The first-order valence-electron chi connectivity index (χ1n) is 7.35. The third-order valence-corrected chi connectivity index (χ3v) is 6.79. The summed E-state index contributed by atoms with van der Waals surface area (Å²) in [4.78, 5) is 38.7. The summed E-state index contributed by atoms with van der Waals surface area (Å²) in [5.41, 5.74) is -1.50. The lowest BCUT2D eigenvalue weighted by atomic mass is 9.93. The molecule has 0 aliphatic carbocycles. The van der Waals surface area contributed by atoms with Crippen LogP contribution in [-0.4, -0.2) is 56.8 Å². The standard InChI is InChI=1S/C15H18N2O5S2/c1-14(2)10(11(19)20)17-12(21)15(22-3,13(17)24-14)16-9(18)7-8-5-4-6-23-8/h4-6,10,13H,7H2,1-3H3,(H,16,18)(H,19,20)/t10-,13+,15?/m0/s1. The number of thioether (sulfide) groups is 1. The SMILES string of the molecule is COC1(NC(=O)Cc2cccs2)C(=O)N2[C@@H](C(=O)O)C(C)(C)S[C@@H]21. The van der Waals surface area contributed by atoms with Gasteiger partial charge in [-0.1, -0.05) is 6.07 Å². The molecule has 0 aromatic carbocycles. The van der Waals surface area contributed by atoms with Gasteiger partial charge in [0.15, 0.2) is 0 Å². The molecule has 1 unspecified atom stereocenters. The van der Waals surface area contributed by atoms with Crippen LogP contribution in [0, 0.1) is 0 Å². The molecular formula is C15H18N2O5S2. The maximum Gasteiger partial charge on any atom is 0.327 e. The molecule has 1 aromatic heterocycles. The van der Waals surface area contributed by atoms with Crippen LogP contribution >= 0.6 is 23.1 Å². The summed E-state index contributed by atoms with van der Waals surface area (Å²) in [5, 5.41) is 13.4. The average molecular weight is 370 g/mol. The number of aliphatic carboxylic acids is 1. The number of amides is 2. The smallest absolute Gasteiger partial charge is 0.327 e. The Morgan fingerprint density at radius 2 is 2.17 bits per heavy atom. The van der Waals surface area contributed by atoms with Crippen molar-refractivity contribution in [3.8, 4) is 0 Å². The predicted molar refractivity (Wildman–Crippen MR) is 89.6 cm³/mol. The number of β-lactam (4-membered cyclic amide) rings is 1. The highest BCUT2D eigenvalue weighted by molar-refractivity contribution is 8.01. The molecule has 9 heteroatoms. The molecule has 2 saturated heterocycles. The number of hydrogen-bond acceptors (Lipinski definition) is 6. The maximum absolute atomic E-state index is 12.6. The van der Waals surface area contributed by atoms with Crippen molar-refractivity contribution >= 4 is 40.9 Å². The molecule has 2 aliphatic rings. The molecular weight excluding hydrogens is 352 g/mol. The molecule has 3 atom stereocenters. The molecule has 3 heterocycles. The van der Waals surface area contributed by atoms with Crippen molar-refractivity contribution in [2.75, 3.05) is 7.11 Å². The third kappa shape index (κ3) is 2.42. The monoisotopic (exact) mass is 370 g/mol. The second kappa shape index (κ2) is 5.75. The topological polar surface area (TPSA) is 95.9 Å². The number of ether oxygens (including phenoxy) is 1. The number of carboxylic acid groups (broad SMARTS) is 1. The zero-order chi connectivity index (χ0) is 17.7. The minimum absolute atomic E-state index is 0.152. The molecule has 2 aliphatic heterocycles. The number of thiophene rings is 1. The number of rotatable bonds is 5. The van der Waals surface area contributed by atoms with E-state index < -0.39 is 33.8 Å². The van der Waals surface area contributed by atoms with Gasteiger partial charge in [0.1, 0.15) is 11.4 Å². The summed E-state index contributed by atoms with van der Waals surface area (Å²) >= 11 is 2.78. The second-order valence-electron chi connectivity index (χ2n) is 6.27. The summed E-state index contributed by atoms with van der Waals surface area (Å²) in [7, 11) is 1.35. The molecule has 3 rings (SSSR count). The molecule has 0 spiro atoms. The second-order valence-corrected chi connectivity index (χ2v) is 9.04. The summed E-state index contributed by atoms with van der Waals surface area (Å²) in [6.07, 6.45) is 0.152. The van der Waals surface area contributed by atoms with Crippen molar-refractivity contribution < 1.29 is 24.2 Å². The van der Waals surface area contributed by atoms with E-state index in [1.807, 2.05) is 17.5 Å². The molecule has 0 radical (unpaired) electrons. The number of carbonyl (C=O) groups is 3. The highest BCUT2D eigenvalue weighted by Crippen LogP contribution is 2.55. The fourth-order valence-corrected chi connectivity index (χ4v) is 5.58. The van der Waals surface area contributed by atoms with Gasteiger partial charge < -0.3 is 20.1 Å². The molecule has 7 nitrogen and oxygen atoms in total. The highest BCUT2D eigenvalue weighted by atomic mass is 32.2. The van der Waals surface area contributed by atoms with Gasteiger partial charge in [-0.2, -0.15) is 0 Å². The number of carboxylic acids is 1. The van der Waals surface area contributed by atoms with Crippen LogP contribution in [0.5, 0.6) is 0 Å². The molecule has 2 amide bonds. The van der Waals surface area contributed by atoms with Crippen LogP contribution in [0.2, 0.25) is 0 Å². The van der Waals surface area contributed by atoms with Crippen molar-refractivity contribution in [1.29, 1.82) is 0 Å². The van der Waals surface area contributed by atoms with Crippen LogP contribution in [0.15, 0.2) is 17.5 Å². The summed E-state index contributed by atoms with van der Waals surface area (Å²) in [6.45, 7) is 3.55. The van der Waals surface area contributed by atoms with Crippen LogP contribution in [0.25, 0.3) is 0 Å². The highest BCUT2D eigenvalue weighted by Gasteiger charge is 2.73. The normalized spacial score (nSPS) is 30.6. The number of carbonyl (C=O) groups excluding carboxylic acids is 2. The van der Waals surface area contributed by atoms with Gasteiger partial charge in [-0.05, 0) is 25.3 Å². The lowest BCUT2D eigenvalue weighted by Gasteiger charge is -2.51. The maximum atomic E-state index is 12.6. The minimum Gasteiger partial charge on any atom is -0.480 e. The fourth-order valence-electron chi connectivity index (χ4n) is 3.21. The van der Waals surface area contributed by atoms with Crippen LogP contribution in [0.3, 0.4) is 0 Å². The Balaban J connectivity index is 1.81. The van der Waals surface area contributed by atoms with E-state index in [4.69, 9.17) is 4.74 Å². The van der Waals surface area contributed by atoms with Crippen molar-refractivity contribution in [2.45, 2.75) is 42.2 Å². The molecule has 1 aromatic rings. The number of nitrogens with zero attached hydrogens (tertiary/aromatic N) is 1. The van der Waals surface area contributed by atoms with E-state index in [2.05, 4.69) is 5.32 Å². The fraction of sp³-hybridized carbons (Fsp3) is 0.533. The van der Waals surface area contributed by atoms with E-state index in [0.29, 0.717) is 0 Å². The zero-order valence-corrected chi connectivity index (χ0v) is 15.1. The number of nitrogens with one attached hydrogen (secondary N) is 1. The lowest BCUT2D eigenvalue weighted by molar-refractivity contribution is -0.201. The van der Waals surface area contributed by atoms with E-state index in [-0.39, 0.29) is 12.3 Å². The molecule has 2 fully saturated rings. The van der Waals surface area contributed by atoms with Crippen molar-refractivity contribution in [2.24, 2.45) is 0 Å². The van der Waals surface area contributed by atoms with Crippen molar-refractivity contribution in [1.82, 2.24) is 10.2 Å². The van der Waals surface area contributed by atoms with Crippen LogP contribution in [0.4, 0.5) is 0 Å². The molecule has 0 saturated carbocycles. The summed E-state index contributed by atoms with van der Waals surface area (Å²) < 4.78 is 4.70. The van der Waals surface area contributed by atoms with Gasteiger partial charge in [-0.25, -0.2) is 4.79 Å². The summed E-state index contributed by atoms with van der Waals surface area (Å²) in [5.74, 6) is -1.90. The van der Waals surface area contributed by atoms with Crippen LogP contribution < -0.4 is 5.32 Å². The number of hydrogen-bond donors (Lipinski definition) is 2. The first-order chi connectivity index (χ1) is 11.2. The van der Waals surface area contributed by atoms with E-state index in [1.54, 1.807) is 13.8 Å². The van der Waals surface area contributed by atoms with Gasteiger partial charge in [0.25, 0.3) is 11.6 Å². The average Bonchev–Trinajstić information content (AvgIpc) is 3.08. The summed E-state index contributed by atoms with van der Waals surface area (Å²) in [6, 6.07) is 2.74. The van der Waals surface area contributed by atoms with E-state index in [9.17, 15) is 19.5 Å². The Morgan fingerprint density at radius 3 is 2.71 bits per heavy atom. The third-order valence-electron chi connectivity index (χ3n) is 4.30. The number of fused-ring (bicyclic) bond motifs is 1. The van der Waals surface area contributed by atoms with E-state index >= 15 is 0 Å². The molecule has 2 N–H and O–H groups in total. The van der Waals surface area contributed by atoms with Gasteiger partial charge in [-0.3, -0.25) is 9.59 Å². The van der Waals surface area contributed by atoms with E-state index in [1.165, 1.54) is 35.1 Å². The first-order valence-corrected chi connectivity index (χ1v) is 9.11. The molecule has 130 valence electrons. The van der Waals surface area contributed by atoms with Gasteiger partial charge >= 0.3 is 5.97 Å². The largest absolute Gasteiger partial charge is 0.480 e. The molecule has 24 heavy (non-hydrogen) atoms. The van der Waals surface area contributed by atoms with E-state index in [0.717, 1.165) is 4.88 Å². The Kier molecular flexibility index (Phi) is 4.13. The molecule has 0 bridgehead atoms. The van der Waals surface area contributed by atoms with Gasteiger partial charge in [0.2, 0.25) is 5.91 Å². The predicted octanol–water partition coefficient (Wildman–Crippen LogP) is 0.896. The van der Waals surface area contributed by atoms with Gasteiger partial charge in [0.05, 0.1) is 6.42 Å². The minimum atomic E-state index is -1.50. The first kappa shape index (κ1) is 17.2. The van der Waals surface area contributed by atoms with Crippen molar-refractivity contribution in [3.05, 3.63) is 22.4 Å². The quantitative estimate of drug-likeness (QED) is 0.590. The van der Waals surface area contributed by atoms with Gasteiger partial charge in [-0.15, -0.1) is 23.1 Å². The van der Waals surface area contributed by atoms with Crippen LogP contribution in [0.1, 0.15) is 18.7 Å². The zero-order valence-electron chi connectivity index (χ0n) is 13.4. The Hall–Kier alpha value is -1.58. The van der Waals surface area contributed by atoms with Crippen LogP contribution in [-0.2, 0) is 25.5 Å². The Bertz CT molecular complexity index is 690. The Labute approximate surface area is 147 Å². The lowest BCUT2D eigenvalue weighted by Crippen LogP contribution is -2.80. The van der Waals surface area contributed by atoms with Crippen molar-refractivity contribution in [3.63, 3.8) is 0 Å². The number of methoxy groups -OCH3 is 1.